The van der Waals surface area contributed by atoms with Crippen LogP contribution in [0.2, 0.25) is 0 Å². The van der Waals surface area contributed by atoms with Crippen molar-refractivity contribution in [3.8, 4) is 11.5 Å². The average molecular weight is 388 g/mol. The van der Waals surface area contributed by atoms with E-state index < -0.39 is 23.8 Å². The molecule has 3 aromatic rings. The molecule has 4 heterocycles. The highest BCUT2D eigenvalue weighted by Crippen LogP contribution is 2.40. The monoisotopic (exact) mass is 388 g/mol. The lowest BCUT2D eigenvalue weighted by Gasteiger charge is -2.28. The van der Waals surface area contributed by atoms with Crippen LogP contribution in [-0.2, 0) is 6.54 Å². The Bertz CT molecular complexity index is 1000. The molecule has 0 aliphatic carbocycles. The number of aromatic nitrogens is 4. The van der Waals surface area contributed by atoms with Gasteiger partial charge in [-0.3, -0.25) is 0 Å². The largest absolute Gasteiger partial charge is 0.478 e. The summed E-state index contributed by atoms with van der Waals surface area (Å²) in [5, 5.41) is 6.92. The van der Waals surface area contributed by atoms with E-state index in [4.69, 9.17) is 9.47 Å². The van der Waals surface area contributed by atoms with Gasteiger partial charge in [0.25, 0.3) is 5.78 Å². The molecule has 2 aliphatic heterocycles. The van der Waals surface area contributed by atoms with Crippen molar-refractivity contribution in [3.63, 3.8) is 0 Å². The minimum atomic E-state index is -0.704. The molecule has 0 bridgehead atoms. The van der Waals surface area contributed by atoms with Gasteiger partial charge < -0.3 is 19.7 Å². The molecule has 1 N–H and O–H groups in total. The number of hydrogen-bond donors (Lipinski definition) is 1. The van der Waals surface area contributed by atoms with Crippen LogP contribution in [0.3, 0.4) is 0 Å². The van der Waals surface area contributed by atoms with Crippen molar-refractivity contribution in [3.05, 3.63) is 48.1 Å². The van der Waals surface area contributed by atoms with Gasteiger partial charge in [-0.15, -0.1) is 5.10 Å². The molecule has 11 heteroatoms. The molecule has 5 rings (SSSR count). The predicted octanol–water partition coefficient (Wildman–Crippen LogP) is 1.14. The van der Waals surface area contributed by atoms with Gasteiger partial charge >= 0.3 is 6.03 Å². The number of carbonyl (C=O) groups excluding carboxylic acids is 1. The Balaban J connectivity index is 1.24. The van der Waals surface area contributed by atoms with Crippen molar-refractivity contribution in [2.75, 3.05) is 13.1 Å². The Morgan fingerprint density at radius 2 is 1.86 bits per heavy atom. The number of amides is 2. The molecule has 1 fully saturated rings. The zero-order chi connectivity index (χ0) is 19.3. The highest BCUT2D eigenvalue weighted by molar-refractivity contribution is 5.74. The van der Waals surface area contributed by atoms with Crippen LogP contribution < -0.4 is 14.8 Å². The zero-order valence-electron chi connectivity index (χ0n) is 14.4. The highest BCUT2D eigenvalue weighted by atomic mass is 19.1. The van der Waals surface area contributed by atoms with E-state index in [1.807, 2.05) is 0 Å². The molecule has 9 nitrogen and oxygen atoms in total. The lowest BCUT2D eigenvalue weighted by Crippen LogP contribution is -2.39. The van der Waals surface area contributed by atoms with E-state index in [1.54, 1.807) is 18.5 Å². The van der Waals surface area contributed by atoms with Crippen molar-refractivity contribution in [1.29, 1.82) is 0 Å². The van der Waals surface area contributed by atoms with Gasteiger partial charge in [0.1, 0.15) is 0 Å². The maximum Gasteiger partial charge on any atom is 0.318 e. The molecule has 0 saturated carbocycles. The zero-order valence-corrected chi connectivity index (χ0v) is 14.4. The van der Waals surface area contributed by atoms with Gasteiger partial charge in [-0.2, -0.15) is 4.98 Å². The van der Waals surface area contributed by atoms with Gasteiger partial charge in [0, 0.05) is 12.4 Å². The normalized spacial score (nSPS) is 20.3. The number of hydrogen-bond acceptors (Lipinski definition) is 6. The molecule has 1 aromatic carbocycles. The van der Waals surface area contributed by atoms with E-state index in [1.165, 1.54) is 9.42 Å². The van der Waals surface area contributed by atoms with Crippen LogP contribution in [0.5, 0.6) is 11.5 Å². The van der Waals surface area contributed by atoms with Crippen LogP contribution in [0.25, 0.3) is 5.78 Å². The molecule has 0 unspecified atom stereocenters. The SMILES string of the molecule is O=C(NCc1nc2ncccn2n1)N1C[C@@H]2Oc3c(F)ccc(F)c3O[C@@H]2C1. The quantitative estimate of drug-likeness (QED) is 0.708. The lowest BCUT2D eigenvalue weighted by molar-refractivity contribution is 0.0467. The standard InChI is InChI=1S/C17H14F2N6O3/c18-9-2-3-10(19)15-14(9)27-11-7-24(8-12(11)28-15)17(26)21-6-13-22-16-20-4-1-5-25(16)23-13/h1-5,11-12H,6-8H2,(H,21,26)/t11-,12+. The van der Waals surface area contributed by atoms with Crippen LogP contribution in [0, 0.1) is 11.6 Å². The highest BCUT2D eigenvalue weighted by Gasteiger charge is 2.43. The fourth-order valence-electron chi connectivity index (χ4n) is 3.29. The Morgan fingerprint density at radius 3 is 2.50 bits per heavy atom. The van der Waals surface area contributed by atoms with Crippen molar-refractivity contribution in [2.24, 2.45) is 0 Å². The van der Waals surface area contributed by atoms with Crippen molar-refractivity contribution < 1.29 is 23.0 Å². The second-order valence-electron chi connectivity index (χ2n) is 6.46. The number of ether oxygens (including phenoxy) is 2. The number of carbonyl (C=O) groups is 1. The maximum absolute atomic E-state index is 13.9. The number of halogens is 2. The summed E-state index contributed by atoms with van der Waals surface area (Å²) in [4.78, 5) is 22.2. The van der Waals surface area contributed by atoms with E-state index in [0.29, 0.717) is 11.6 Å². The molecule has 144 valence electrons. The van der Waals surface area contributed by atoms with Crippen LogP contribution in [-0.4, -0.2) is 55.8 Å². The summed E-state index contributed by atoms with van der Waals surface area (Å²) in [5.74, 6) is -1.08. The van der Waals surface area contributed by atoms with E-state index in [2.05, 4.69) is 20.4 Å². The molecular formula is C17H14F2N6O3. The second-order valence-corrected chi connectivity index (χ2v) is 6.46. The summed E-state index contributed by atoms with van der Waals surface area (Å²) in [6.45, 7) is 0.483. The van der Waals surface area contributed by atoms with Crippen LogP contribution in [0.1, 0.15) is 5.82 Å². The second kappa shape index (κ2) is 6.29. The maximum atomic E-state index is 13.9. The van der Waals surface area contributed by atoms with Crippen LogP contribution in [0.15, 0.2) is 30.6 Å². The molecule has 0 spiro atoms. The van der Waals surface area contributed by atoms with E-state index in [0.717, 1.165) is 12.1 Å². The predicted molar refractivity (Wildman–Crippen MR) is 89.8 cm³/mol. The van der Waals surface area contributed by atoms with Gasteiger partial charge in [0.05, 0.1) is 19.6 Å². The summed E-state index contributed by atoms with van der Waals surface area (Å²) < 4.78 is 40.4. The number of nitrogens with zero attached hydrogens (tertiary/aromatic N) is 5. The van der Waals surface area contributed by atoms with Gasteiger partial charge in [-0.25, -0.2) is 23.1 Å². The Labute approximate surface area is 156 Å². The first-order chi connectivity index (χ1) is 13.6. The summed E-state index contributed by atoms with van der Waals surface area (Å²) in [7, 11) is 0. The third kappa shape index (κ3) is 2.75. The van der Waals surface area contributed by atoms with Crippen LogP contribution in [0.4, 0.5) is 13.6 Å². The van der Waals surface area contributed by atoms with Crippen molar-refractivity contribution in [1.82, 2.24) is 29.8 Å². The number of rotatable bonds is 2. The number of urea groups is 1. The summed E-state index contributed by atoms with van der Waals surface area (Å²) >= 11 is 0. The summed E-state index contributed by atoms with van der Waals surface area (Å²) in [6, 6.07) is 3.31. The minimum absolute atomic E-state index is 0.110. The van der Waals surface area contributed by atoms with Gasteiger partial charge in [0.15, 0.2) is 29.7 Å². The van der Waals surface area contributed by atoms with E-state index in [9.17, 15) is 13.6 Å². The molecular weight excluding hydrogens is 374 g/mol. The first-order valence-electron chi connectivity index (χ1n) is 8.59. The first-order valence-corrected chi connectivity index (χ1v) is 8.59. The summed E-state index contributed by atoms with van der Waals surface area (Å²) in [6.07, 6.45) is 2.15. The molecule has 1 saturated heterocycles. The Morgan fingerprint density at radius 1 is 1.18 bits per heavy atom. The molecule has 2 aromatic heterocycles. The number of fused-ring (bicyclic) bond motifs is 3. The van der Waals surface area contributed by atoms with Gasteiger partial charge in [-0.1, -0.05) is 0 Å². The van der Waals surface area contributed by atoms with Gasteiger partial charge in [-0.05, 0) is 18.2 Å². The fourth-order valence-corrected chi connectivity index (χ4v) is 3.29. The third-order valence-electron chi connectivity index (χ3n) is 4.62. The molecule has 2 atom stereocenters. The van der Waals surface area contributed by atoms with E-state index in [-0.39, 0.29) is 37.2 Å². The average Bonchev–Trinajstić information content (AvgIpc) is 3.31. The molecule has 0 radical (unpaired) electrons. The Kier molecular flexibility index (Phi) is 3.74. The number of likely N-dealkylation sites (tertiary alicyclic amines) is 1. The molecule has 2 aliphatic rings. The smallest absolute Gasteiger partial charge is 0.318 e. The van der Waals surface area contributed by atoms with E-state index >= 15 is 0 Å². The van der Waals surface area contributed by atoms with Crippen molar-refractivity contribution in [2.45, 2.75) is 18.8 Å². The van der Waals surface area contributed by atoms with Crippen molar-refractivity contribution >= 4 is 11.8 Å². The number of nitrogens with one attached hydrogen (secondary N) is 1. The first kappa shape index (κ1) is 16.7. The molecule has 28 heavy (non-hydrogen) atoms. The topological polar surface area (TPSA) is 93.9 Å². The summed E-state index contributed by atoms with van der Waals surface area (Å²) in [5.41, 5.74) is 0. The van der Waals surface area contributed by atoms with Crippen LogP contribution >= 0.6 is 0 Å². The van der Waals surface area contributed by atoms with Gasteiger partial charge in [0.2, 0.25) is 11.5 Å². The lowest BCUT2D eigenvalue weighted by atomic mass is 10.2. The molecule has 2 amide bonds. The third-order valence-corrected chi connectivity index (χ3v) is 4.62. The number of benzene rings is 1. The Hall–Kier alpha value is -3.50. The fraction of sp³-hybridized carbons (Fsp3) is 0.294. The minimum Gasteiger partial charge on any atom is -0.478 e.